The number of nitrogens with zero attached hydrogens (tertiary/aromatic N) is 4. The van der Waals surface area contributed by atoms with Gasteiger partial charge in [-0.05, 0) is 36.4 Å². The zero-order valence-electron chi connectivity index (χ0n) is 27.1. The van der Waals surface area contributed by atoms with Gasteiger partial charge < -0.3 is 4.57 Å². The van der Waals surface area contributed by atoms with E-state index in [4.69, 9.17) is 15.0 Å². The van der Waals surface area contributed by atoms with E-state index in [-0.39, 0.29) is 0 Å². The van der Waals surface area contributed by atoms with Gasteiger partial charge in [0.15, 0.2) is 17.5 Å². The van der Waals surface area contributed by atoms with Gasteiger partial charge in [0.2, 0.25) is 0 Å². The molecule has 238 valence electrons. The molecular weight excluding hydrogens is 661 g/mol. The molecule has 0 N–H and O–H groups in total. The van der Waals surface area contributed by atoms with Crippen LogP contribution in [0.3, 0.4) is 0 Å². The minimum absolute atomic E-state index is 0.660. The summed E-state index contributed by atoms with van der Waals surface area (Å²) in [5, 5.41) is 7.62. The first-order valence-corrected chi connectivity index (χ1v) is 18.6. The van der Waals surface area contributed by atoms with Crippen molar-refractivity contribution in [3.63, 3.8) is 0 Å². The molecule has 0 unspecified atom stereocenters. The summed E-state index contributed by atoms with van der Waals surface area (Å²) < 4.78 is 7.51. The van der Waals surface area contributed by atoms with Gasteiger partial charge in [0, 0.05) is 67.8 Å². The lowest BCUT2D eigenvalue weighted by Gasteiger charge is -2.13. The van der Waals surface area contributed by atoms with Crippen molar-refractivity contribution in [2.45, 2.75) is 0 Å². The first kappa shape index (κ1) is 28.6. The lowest BCUT2D eigenvalue weighted by molar-refractivity contribution is 1.08. The number of benzene rings is 7. The molecule has 0 atom stereocenters. The summed E-state index contributed by atoms with van der Waals surface area (Å²) in [5.74, 6) is 1.99. The maximum atomic E-state index is 5.15. The highest BCUT2D eigenvalue weighted by atomic mass is 32.1. The fourth-order valence-electron chi connectivity index (χ4n) is 7.60. The van der Waals surface area contributed by atoms with Gasteiger partial charge in [-0.25, -0.2) is 15.0 Å². The fourth-order valence-corrected chi connectivity index (χ4v) is 10.1. The fraction of sp³-hybridized carbons (Fsp3) is 0. The molecule has 4 aromatic heterocycles. The van der Waals surface area contributed by atoms with E-state index in [9.17, 15) is 0 Å². The summed E-state index contributed by atoms with van der Waals surface area (Å²) in [6, 6.07) is 55.8. The van der Waals surface area contributed by atoms with Crippen molar-refractivity contribution >= 4 is 84.8 Å². The topological polar surface area (TPSA) is 43.6 Å². The monoisotopic (exact) mass is 686 g/mol. The molecule has 11 rings (SSSR count). The van der Waals surface area contributed by atoms with E-state index in [0.717, 1.165) is 27.1 Å². The van der Waals surface area contributed by atoms with Crippen LogP contribution < -0.4 is 0 Å². The van der Waals surface area contributed by atoms with Crippen molar-refractivity contribution in [2.75, 3.05) is 0 Å². The normalized spacial score (nSPS) is 11.9. The second kappa shape index (κ2) is 11.2. The van der Waals surface area contributed by atoms with Crippen molar-refractivity contribution < 1.29 is 0 Å². The van der Waals surface area contributed by atoms with Gasteiger partial charge in [0.1, 0.15) is 0 Å². The molecule has 0 aliphatic heterocycles. The van der Waals surface area contributed by atoms with E-state index in [1.54, 1.807) is 11.3 Å². The van der Waals surface area contributed by atoms with Crippen LogP contribution in [-0.2, 0) is 0 Å². The van der Waals surface area contributed by atoms with Crippen LogP contribution in [0.5, 0.6) is 0 Å². The minimum atomic E-state index is 0.660. The third-order valence-electron chi connectivity index (χ3n) is 9.87. The van der Waals surface area contributed by atoms with Crippen LogP contribution >= 0.6 is 22.7 Å². The second-order valence-electron chi connectivity index (χ2n) is 12.8. The van der Waals surface area contributed by atoms with Crippen LogP contribution in [0.1, 0.15) is 0 Å². The molecule has 0 amide bonds. The van der Waals surface area contributed by atoms with Gasteiger partial charge in [-0.2, -0.15) is 0 Å². The molecule has 0 saturated carbocycles. The molecule has 0 saturated heterocycles. The highest BCUT2D eigenvalue weighted by molar-refractivity contribution is 7.27. The summed E-state index contributed by atoms with van der Waals surface area (Å²) in [7, 11) is 0. The van der Waals surface area contributed by atoms with E-state index in [1.165, 1.54) is 57.5 Å². The average Bonchev–Trinajstić information content (AvgIpc) is 3.88. The first-order chi connectivity index (χ1) is 25.3. The molecule has 4 heterocycles. The number of fused-ring (bicyclic) bond motifs is 10. The lowest BCUT2D eigenvalue weighted by atomic mass is 10.1. The Balaban J connectivity index is 1.23. The number of aromatic nitrogens is 4. The number of rotatable bonds is 4. The van der Waals surface area contributed by atoms with Crippen LogP contribution in [0, 0.1) is 0 Å². The molecule has 0 fully saturated rings. The lowest BCUT2D eigenvalue weighted by Crippen LogP contribution is -2.01. The van der Waals surface area contributed by atoms with E-state index >= 15 is 0 Å². The molecule has 0 aliphatic carbocycles. The van der Waals surface area contributed by atoms with E-state index in [0.29, 0.717) is 17.5 Å². The molecule has 51 heavy (non-hydrogen) atoms. The highest BCUT2D eigenvalue weighted by Crippen LogP contribution is 2.47. The summed E-state index contributed by atoms with van der Waals surface area (Å²) in [6.07, 6.45) is 0. The molecular formula is C45H26N4S2. The van der Waals surface area contributed by atoms with Crippen LogP contribution in [-0.4, -0.2) is 19.5 Å². The summed E-state index contributed by atoms with van der Waals surface area (Å²) >= 11 is 3.69. The molecule has 7 aromatic carbocycles. The Morgan fingerprint density at radius 2 is 0.941 bits per heavy atom. The Kier molecular flexibility index (Phi) is 6.26. The Bertz CT molecular complexity index is 3080. The van der Waals surface area contributed by atoms with Crippen molar-refractivity contribution in [3.8, 4) is 39.9 Å². The van der Waals surface area contributed by atoms with Crippen molar-refractivity contribution in [2.24, 2.45) is 0 Å². The zero-order valence-corrected chi connectivity index (χ0v) is 28.7. The van der Waals surface area contributed by atoms with Gasteiger partial charge in [-0.1, -0.05) is 121 Å². The Labute approximate surface area is 300 Å². The summed E-state index contributed by atoms with van der Waals surface area (Å²) in [6.45, 7) is 0. The number of para-hydroxylation sites is 1. The van der Waals surface area contributed by atoms with Gasteiger partial charge in [-0.3, -0.25) is 0 Å². The molecule has 4 nitrogen and oxygen atoms in total. The van der Waals surface area contributed by atoms with Gasteiger partial charge in [0.25, 0.3) is 0 Å². The predicted molar refractivity (Wildman–Crippen MR) is 216 cm³/mol. The van der Waals surface area contributed by atoms with E-state index in [1.807, 2.05) is 47.7 Å². The maximum absolute atomic E-state index is 5.15. The molecule has 11 aromatic rings. The minimum Gasteiger partial charge on any atom is -0.309 e. The molecule has 0 aliphatic rings. The maximum Gasteiger partial charge on any atom is 0.165 e. The quantitative estimate of drug-likeness (QED) is 0.185. The second-order valence-corrected chi connectivity index (χ2v) is 14.9. The molecule has 0 spiro atoms. The average molecular weight is 687 g/mol. The van der Waals surface area contributed by atoms with Crippen LogP contribution in [0.15, 0.2) is 158 Å². The number of hydrogen-bond acceptors (Lipinski definition) is 5. The first-order valence-electron chi connectivity index (χ1n) is 17.0. The third kappa shape index (κ3) is 4.34. The van der Waals surface area contributed by atoms with Crippen LogP contribution in [0.2, 0.25) is 0 Å². The van der Waals surface area contributed by atoms with Gasteiger partial charge in [0.05, 0.1) is 16.7 Å². The Morgan fingerprint density at radius 1 is 0.373 bits per heavy atom. The standard InChI is InChI=1S/C45H26N4S2/c1-3-13-27(14-4-1)43-46-44(28-15-5-2-6-16-28)48-45(47-43)33-24-26-36(40-32-19-9-12-22-38(32)51-42(33)40)49-34-20-10-7-18-31(34)39-35(49)25-23-30-29-17-8-11-21-37(29)50-41(30)39/h1-26H. The Hall–Kier alpha value is -6.21. The smallest absolute Gasteiger partial charge is 0.165 e. The SMILES string of the molecule is c1ccc(-c2nc(-c3ccccc3)nc(-c3ccc(-n4c5ccccc5c5c6sc7ccccc7c6ccc54)c4c3sc3ccccc34)n2)cc1. The zero-order chi connectivity index (χ0) is 33.5. The van der Waals surface area contributed by atoms with Crippen LogP contribution in [0.4, 0.5) is 0 Å². The number of thiophene rings is 2. The van der Waals surface area contributed by atoms with Crippen LogP contribution in [0.25, 0.3) is 102 Å². The predicted octanol–water partition coefficient (Wildman–Crippen LogP) is 12.7. The van der Waals surface area contributed by atoms with Gasteiger partial charge >= 0.3 is 0 Å². The molecule has 0 radical (unpaired) electrons. The molecule has 0 bridgehead atoms. The third-order valence-corrected chi connectivity index (χ3v) is 12.3. The van der Waals surface area contributed by atoms with Gasteiger partial charge in [-0.15, -0.1) is 22.7 Å². The van der Waals surface area contributed by atoms with Crippen molar-refractivity contribution in [1.82, 2.24) is 19.5 Å². The van der Waals surface area contributed by atoms with Crippen molar-refractivity contribution in [1.29, 1.82) is 0 Å². The largest absolute Gasteiger partial charge is 0.309 e. The van der Waals surface area contributed by atoms with Crippen molar-refractivity contribution in [3.05, 3.63) is 158 Å². The van der Waals surface area contributed by atoms with E-state index in [2.05, 4.69) is 126 Å². The molecule has 6 heteroatoms. The summed E-state index contributed by atoms with van der Waals surface area (Å²) in [5.41, 5.74) is 6.47. The van der Waals surface area contributed by atoms with E-state index < -0.39 is 0 Å². The Morgan fingerprint density at radius 3 is 1.67 bits per heavy atom. The number of hydrogen-bond donors (Lipinski definition) is 0. The highest BCUT2D eigenvalue weighted by Gasteiger charge is 2.23. The summed E-state index contributed by atoms with van der Waals surface area (Å²) in [4.78, 5) is 15.3.